The van der Waals surface area contributed by atoms with Gasteiger partial charge in [0.2, 0.25) is 15.9 Å². The van der Waals surface area contributed by atoms with Crippen molar-refractivity contribution in [2.75, 3.05) is 25.4 Å². The summed E-state index contributed by atoms with van der Waals surface area (Å²) in [5.41, 5.74) is 5.97. The van der Waals surface area contributed by atoms with Crippen LogP contribution in [0.3, 0.4) is 0 Å². The summed E-state index contributed by atoms with van der Waals surface area (Å²) < 4.78 is 26.1. The molecule has 2 aliphatic heterocycles. The number of hydrogen-bond acceptors (Lipinski definition) is 4. The lowest BCUT2D eigenvalue weighted by Crippen LogP contribution is -2.52. The Kier molecular flexibility index (Phi) is 7.77. The Morgan fingerprint density at radius 1 is 1.26 bits per heavy atom. The summed E-state index contributed by atoms with van der Waals surface area (Å²) in [5.74, 6) is 0.418. The molecule has 2 heterocycles. The molecule has 0 aromatic carbocycles. The van der Waals surface area contributed by atoms with Crippen LogP contribution in [0.5, 0.6) is 0 Å². The standard InChI is InChI=1S/C15H29N3O3S.ClH/c1-3-10-22(20,21)18-9-5-7-14(18)15(19)17-8-4-6-13(11-17)12(2)16;/h12-14H,3-11,16H2,1-2H3;1H. The topological polar surface area (TPSA) is 83.7 Å². The molecule has 2 fully saturated rings. The largest absolute Gasteiger partial charge is 0.341 e. The summed E-state index contributed by atoms with van der Waals surface area (Å²) >= 11 is 0. The number of likely N-dealkylation sites (tertiary alicyclic amines) is 1. The molecule has 8 heteroatoms. The van der Waals surface area contributed by atoms with Crippen molar-refractivity contribution in [2.24, 2.45) is 11.7 Å². The van der Waals surface area contributed by atoms with E-state index < -0.39 is 16.1 Å². The lowest BCUT2D eigenvalue weighted by molar-refractivity contribution is -0.136. The number of sulfonamides is 1. The predicted octanol–water partition coefficient (Wildman–Crippen LogP) is 1.20. The van der Waals surface area contributed by atoms with E-state index in [1.807, 2.05) is 18.7 Å². The van der Waals surface area contributed by atoms with Gasteiger partial charge in [0.15, 0.2) is 0 Å². The lowest BCUT2D eigenvalue weighted by Gasteiger charge is -2.37. The van der Waals surface area contributed by atoms with E-state index in [1.165, 1.54) is 4.31 Å². The van der Waals surface area contributed by atoms with E-state index in [9.17, 15) is 13.2 Å². The van der Waals surface area contributed by atoms with Gasteiger partial charge in [-0.25, -0.2) is 8.42 Å². The Bertz CT molecular complexity index is 498. The van der Waals surface area contributed by atoms with Crippen molar-refractivity contribution in [1.82, 2.24) is 9.21 Å². The molecule has 23 heavy (non-hydrogen) atoms. The molecule has 0 radical (unpaired) electrons. The highest BCUT2D eigenvalue weighted by molar-refractivity contribution is 7.89. The van der Waals surface area contributed by atoms with Crippen molar-refractivity contribution in [3.8, 4) is 0 Å². The van der Waals surface area contributed by atoms with Crippen molar-refractivity contribution in [3.63, 3.8) is 0 Å². The molecule has 6 nitrogen and oxygen atoms in total. The number of piperidine rings is 1. The van der Waals surface area contributed by atoms with Gasteiger partial charge in [-0.15, -0.1) is 12.4 Å². The second-order valence-corrected chi connectivity index (χ2v) is 8.67. The minimum Gasteiger partial charge on any atom is -0.341 e. The molecule has 136 valence electrons. The van der Waals surface area contributed by atoms with Gasteiger partial charge in [0.05, 0.1) is 5.75 Å². The average molecular weight is 368 g/mol. The second kappa shape index (κ2) is 8.65. The van der Waals surface area contributed by atoms with E-state index in [2.05, 4.69) is 0 Å². The second-order valence-electron chi connectivity index (χ2n) is 6.63. The molecular weight excluding hydrogens is 338 g/mol. The molecular formula is C15H30ClN3O3S. The number of carbonyl (C=O) groups is 1. The van der Waals surface area contributed by atoms with Gasteiger partial charge in [-0.05, 0) is 44.9 Å². The fraction of sp³-hybridized carbons (Fsp3) is 0.933. The number of amides is 1. The Labute approximate surface area is 146 Å². The van der Waals surface area contributed by atoms with Crippen LogP contribution < -0.4 is 5.73 Å². The highest BCUT2D eigenvalue weighted by Gasteiger charge is 2.40. The Morgan fingerprint density at radius 2 is 1.91 bits per heavy atom. The third kappa shape index (κ3) is 4.81. The SMILES string of the molecule is CCCS(=O)(=O)N1CCCC1C(=O)N1CCCC(C(C)N)C1.Cl. The molecule has 0 aromatic heterocycles. The highest BCUT2D eigenvalue weighted by Crippen LogP contribution is 2.26. The molecule has 0 bridgehead atoms. The highest BCUT2D eigenvalue weighted by atomic mass is 35.5. The van der Waals surface area contributed by atoms with E-state index in [4.69, 9.17) is 5.73 Å². The molecule has 2 aliphatic rings. The number of nitrogens with two attached hydrogens (primary N) is 1. The summed E-state index contributed by atoms with van der Waals surface area (Å²) in [6, 6.07) is -0.428. The van der Waals surface area contributed by atoms with Gasteiger partial charge in [-0.1, -0.05) is 6.92 Å². The zero-order chi connectivity index (χ0) is 16.3. The number of hydrogen-bond donors (Lipinski definition) is 1. The zero-order valence-electron chi connectivity index (χ0n) is 14.1. The molecule has 2 saturated heterocycles. The summed E-state index contributed by atoms with van der Waals surface area (Å²) in [6.07, 6.45) is 3.98. The van der Waals surface area contributed by atoms with Crippen LogP contribution in [0.2, 0.25) is 0 Å². The fourth-order valence-corrected chi connectivity index (χ4v) is 5.29. The van der Waals surface area contributed by atoms with Crippen LogP contribution in [0.15, 0.2) is 0 Å². The van der Waals surface area contributed by atoms with Gasteiger partial charge in [-0.3, -0.25) is 4.79 Å². The quantitative estimate of drug-likeness (QED) is 0.791. The van der Waals surface area contributed by atoms with E-state index in [0.717, 1.165) is 25.8 Å². The van der Waals surface area contributed by atoms with Crippen molar-refractivity contribution >= 4 is 28.3 Å². The Balaban J connectivity index is 0.00000264. The number of nitrogens with zero attached hydrogens (tertiary/aromatic N) is 2. The number of rotatable bonds is 5. The summed E-state index contributed by atoms with van der Waals surface area (Å²) in [4.78, 5) is 14.6. The first-order valence-corrected chi connectivity index (χ1v) is 10.0. The van der Waals surface area contributed by atoms with E-state index in [0.29, 0.717) is 31.8 Å². The van der Waals surface area contributed by atoms with Crippen molar-refractivity contribution < 1.29 is 13.2 Å². The maximum atomic E-state index is 12.8. The maximum Gasteiger partial charge on any atom is 0.241 e. The van der Waals surface area contributed by atoms with Crippen LogP contribution in [0.25, 0.3) is 0 Å². The minimum atomic E-state index is -3.31. The first-order valence-electron chi connectivity index (χ1n) is 8.40. The molecule has 0 aromatic rings. The van der Waals surface area contributed by atoms with Crippen LogP contribution in [-0.4, -0.2) is 61.0 Å². The normalized spacial score (nSPS) is 27.5. The summed E-state index contributed by atoms with van der Waals surface area (Å²) in [7, 11) is -3.31. The molecule has 0 aliphatic carbocycles. The first-order chi connectivity index (χ1) is 10.4. The van der Waals surface area contributed by atoms with Crippen LogP contribution in [0.1, 0.15) is 46.0 Å². The van der Waals surface area contributed by atoms with Crippen molar-refractivity contribution in [3.05, 3.63) is 0 Å². The molecule has 0 saturated carbocycles. The first kappa shape index (κ1) is 20.7. The minimum absolute atomic E-state index is 0. The third-order valence-electron chi connectivity index (χ3n) is 4.82. The molecule has 1 amide bonds. The smallest absolute Gasteiger partial charge is 0.241 e. The van der Waals surface area contributed by atoms with Crippen LogP contribution in [0, 0.1) is 5.92 Å². The average Bonchev–Trinajstić information content (AvgIpc) is 2.97. The van der Waals surface area contributed by atoms with Crippen LogP contribution in [0.4, 0.5) is 0 Å². The maximum absolute atomic E-state index is 12.8. The van der Waals surface area contributed by atoms with E-state index >= 15 is 0 Å². The van der Waals surface area contributed by atoms with E-state index in [-0.39, 0.29) is 30.1 Å². The van der Waals surface area contributed by atoms with Gasteiger partial charge < -0.3 is 10.6 Å². The molecule has 2 N–H and O–H groups in total. The molecule has 3 atom stereocenters. The van der Waals surface area contributed by atoms with Gasteiger partial charge >= 0.3 is 0 Å². The third-order valence-corrected chi connectivity index (χ3v) is 6.90. The Morgan fingerprint density at radius 3 is 2.52 bits per heavy atom. The van der Waals surface area contributed by atoms with Crippen LogP contribution in [-0.2, 0) is 14.8 Å². The molecule has 3 unspecified atom stereocenters. The van der Waals surface area contributed by atoms with Crippen molar-refractivity contribution in [2.45, 2.75) is 58.0 Å². The summed E-state index contributed by atoms with van der Waals surface area (Å²) in [6.45, 7) is 5.69. The van der Waals surface area contributed by atoms with Gasteiger partial charge in [0, 0.05) is 25.7 Å². The van der Waals surface area contributed by atoms with Gasteiger partial charge in [0.1, 0.15) is 6.04 Å². The Hall–Kier alpha value is -0.370. The summed E-state index contributed by atoms with van der Waals surface area (Å²) in [5, 5.41) is 0. The van der Waals surface area contributed by atoms with Gasteiger partial charge in [-0.2, -0.15) is 4.31 Å². The van der Waals surface area contributed by atoms with Crippen LogP contribution >= 0.6 is 12.4 Å². The predicted molar refractivity (Wildman–Crippen MR) is 94.0 cm³/mol. The fourth-order valence-electron chi connectivity index (χ4n) is 3.55. The van der Waals surface area contributed by atoms with E-state index in [1.54, 1.807) is 0 Å². The molecule has 2 rings (SSSR count). The van der Waals surface area contributed by atoms with Crippen molar-refractivity contribution in [1.29, 1.82) is 0 Å². The molecule has 0 spiro atoms. The zero-order valence-corrected chi connectivity index (χ0v) is 15.7. The monoisotopic (exact) mass is 367 g/mol. The number of carbonyl (C=O) groups excluding carboxylic acids is 1. The van der Waals surface area contributed by atoms with Gasteiger partial charge in [0.25, 0.3) is 0 Å². The number of halogens is 1. The lowest BCUT2D eigenvalue weighted by atomic mass is 9.92.